The number of aliphatic hydroxyl groups is 1. The van der Waals surface area contributed by atoms with Crippen LogP contribution in [0.3, 0.4) is 0 Å². The molecule has 8 heteroatoms. The summed E-state index contributed by atoms with van der Waals surface area (Å²) in [7, 11) is 1.60. The lowest BCUT2D eigenvalue weighted by molar-refractivity contribution is -0.129. The van der Waals surface area contributed by atoms with E-state index in [0.717, 1.165) is 17.9 Å². The maximum Gasteiger partial charge on any atom is 0.285 e. The van der Waals surface area contributed by atoms with E-state index in [1.54, 1.807) is 50.1 Å². The summed E-state index contributed by atoms with van der Waals surface area (Å²) in [6, 6.07) is 6.64. The smallest absolute Gasteiger partial charge is 0.285 e. The summed E-state index contributed by atoms with van der Waals surface area (Å²) in [5, 5.41) is 18.5. The maximum atomic E-state index is 13.0. The van der Waals surface area contributed by atoms with Crippen molar-refractivity contribution in [2.24, 2.45) is 11.0 Å². The molecule has 0 saturated carbocycles. The first-order valence-corrected chi connectivity index (χ1v) is 9.55. The molecule has 1 aromatic carbocycles. The van der Waals surface area contributed by atoms with Gasteiger partial charge in [0.15, 0.2) is 5.60 Å². The van der Waals surface area contributed by atoms with Crippen LogP contribution in [0.4, 0.5) is 5.69 Å². The third-order valence-corrected chi connectivity index (χ3v) is 5.57. The number of hydrogen-bond donors (Lipinski definition) is 2. The number of amides is 3. The first-order valence-electron chi connectivity index (χ1n) is 9.55. The van der Waals surface area contributed by atoms with Gasteiger partial charge < -0.3 is 15.3 Å². The van der Waals surface area contributed by atoms with Gasteiger partial charge in [0.25, 0.3) is 11.8 Å². The minimum atomic E-state index is -1.60. The summed E-state index contributed by atoms with van der Waals surface area (Å²) in [6.45, 7) is 4.30. The van der Waals surface area contributed by atoms with Crippen LogP contribution in [0.15, 0.2) is 29.4 Å². The van der Waals surface area contributed by atoms with Crippen LogP contribution < -0.4 is 10.3 Å². The van der Waals surface area contributed by atoms with E-state index in [2.05, 4.69) is 10.4 Å². The molecule has 2 N–H and O–H groups in total. The van der Waals surface area contributed by atoms with Crippen LogP contribution in [0.2, 0.25) is 0 Å². The number of anilines is 1. The summed E-state index contributed by atoms with van der Waals surface area (Å²) in [5.41, 5.74) is -0.420. The highest BCUT2D eigenvalue weighted by Crippen LogP contribution is 2.29. The number of benzene rings is 1. The first kappa shape index (κ1) is 20.0. The van der Waals surface area contributed by atoms with Gasteiger partial charge >= 0.3 is 0 Å². The first-order chi connectivity index (χ1) is 13.3. The average molecular weight is 386 g/mol. The van der Waals surface area contributed by atoms with E-state index in [9.17, 15) is 19.5 Å². The number of hydrogen-bond acceptors (Lipinski definition) is 5. The highest BCUT2D eigenvalue weighted by molar-refractivity contribution is 6.21. The van der Waals surface area contributed by atoms with Crippen LogP contribution in [0.25, 0.3) is 0 Å². The number of likely N-dealkylation sites (tertiary alicyclic amines) is 1. The summed E-state index contributed by atoms with van der Waals surface area (Å²) in [4.78, 5) is 39.2. The lowest BCUT2D eigenvalue weighted by Crippen LogP contribution is -2.45. The van der Waals surface area contributed by atoms with Gasteiger partial charge in [0.1, 0.15) is 0 Å². The Bertz CT molecular complexity index is 837. The van der Waals surface area contributed by atoms with Crippen molar-refractivity contribution in [3.05, 3.63) is 29.8 Å². The molecule has 8 nitrogen and oxygen atoms in total. The second-order valence-electron chi connectivity index (χ2n) is 7.27. The second kappa shape index (κ2) is 7.71. The number of carbonyl (C=O) groups is 3. The number of carbonyl (C=O) groups excluding carboxylic acids is 3. The number of rotatable bonds is 4. The standard InChI is InChI=1S/C20H26N4O4/c1-4-20(28)13(2)22-24(19(20)27)16-9-5-7-14(11-16)18(26)23-10-6-8-15(12-23)17(25)21-3/h5,7,9,11,15,28H,4,6,8,10,12H2,1-3H3,(H,21,25). The minimum absolute atomic E-state index is 0.0578. The number of nitrogens with zero attached hydrogens (tertiary/aromatic N) is 3. The quantitative estimate of drug-likeness (QED) is 0.810. The molecule has 3 amide bonds. The van der Waals surface area contributed by atoms with Crippen LogP contribution >= 0.6 is 0 Å². The fourth-order valence-electron chi connectivity index (χ4n) is 3.72. The van der Waals surface area contributed by atoms with Crippen molar-refractivity contribution >= 4 is 29.1 Å². The van der Waals surface area contributed by atoms with Crippen LogP contribution in [0, 0.1) is 5.92 Å². The molecular weight excluding hydrogens is 360 g/mol. The van der Waals surface area contributed by atoms with Gasteiger partial charge in [-0.1, -0.05) is 13.0 Å². The van der Waals surface area contributed by atoms with Gasteiger partial charge in [-0.15, -0.1) is 0 Å². The molecule has 2 heterocycles. The van der Waals surface area contributed by atoms with Gasteiger partial charge in [0.05, 0.1) is 17.3 Å². The van der Waals surface area contributed by atoms with Crippen LogP contribution in [-0.2, 0) is 9.59 Å². The van der Waals surface area contributed by atoms with Gasteiger partial charge in [-0.25, -0.2) is 0 Å². The lowest BCUT2D eigenvalue weighted by Gasteiger charge is -2.32. The molecule has 0 aromatic heterocycles. The van der Waals surface area contributed by atoms with Crippen molar-refractivity contribution in [1.29, 1.82) is 0 Å². The molecule has 0 aliphatic carbocycles. The molecule has 2 atom stereocenters. The Hall–Kier alpha value is -2.74. The zero-order valence-corrected chi connectivity index (χ0v) is 16.4. The highest BCUT2D eigenvalue weighted by Gasteiger charge is 2.46. The topological polar surface area (TPSA) is 102 Å². The molecule has 150 valence electrons. The lowest BCUT2D eigenvalue weighted by atomic mass is 9.95. The van der Waals surface area contributed by atoms with Gasteiger partial charge in [-0.3, -0.25) is 14.4 Å². The predicted molar refractivity (Wildman–Crippen MR) is 105 cm³/mol. The van der Waals surface area contributed by atoms with Crippen molar-refractivity contribution in [3.63, 3.8) is 0 Å². The minimum Gasteiger partial charge on any atom is -0.374 e. The Balaban J connectivity index is 1.81. The second-order valence-corrected chi connectivity index (χ2v) is 7.27. The van der Waals surface area contributed by atoms with Crippen molar-refractivity contribution in [2.45, 2.75) is 38.7 Å². The SMILES string of the molecule is CCC1(O)C(=O)N(c2cccc(C(=O)N3CCCC(C(=O)NC)C3)c2)N=C1C. The van der Waals surface area contributed by atoms with Crippen molar-refractivity contribution < 1.29 is 19.5 Å². The average Bonchev–Trinajstić information content (AvgIpc) is 2.97. The largest absolute Gasteiger partial charge is 0.374 e. The molecule has 1 fully saturated rings. The van der Waals surface area contributed by atoms with Crippen LogP contribution in [0.5, 0.6) is 0 Å². The molecule has 1 saturated heterocycles. The maximum absolute atomic E-state index is 13.0. The molecule has 2 aliphatic heterocycles. The van der Waals surface area contributed by atoms with Gasteiger partial charge in [-0.05, 0) is 44.4 Å². The Morgan fingerprint density at radius 2 is 2.14 bits per heavy atom. The Morgan fingerprint density at radius 1 is 1.39 bits per heavy atom. The van der Waals surface area contributed by atoms with E-state index >= 15 is 0 Å². The third-order valence-electron chi connectivity index (χ3n) is 5.57. The molecule has 2 aliphatic rings. The molecule has 0 bridgehead atoms. The normalized spacial score (nSPS) is 24.9. The Kier molecular flexibility index (Phi) is 5.51. The summed E-state index contributed by atoms with van der Waals surface area (Å²) >= 11 is 0. The zero-order valence-electron chi connectivity index (χ0n) is 16.4. The fourth-order valence-corrected chi connectivity index (χ4v) is 3.72. The van der Waals surface area contributed by atoms with E-state index < -0.39 is 11.5 Å². The molecule has 2 unspecified atom stereocenters. The molecule has 0 spiro atoms. The van der Waals surface area contributed by atoms with Gasteiger partial charge in [-0.2, -0.15) is 10.1 Å². The van der Waals surface area contributed by atoms with Gasteiger partial charge in [0.2, 0.25) is 5.91 Å². The number of nitrogens with one attached hydrogen (secondary N) is 1. The third kappa shape index (κ3) is 3.40. The van der Waals surface area contributed by atoms with E-state index in [0.29, 0.717) is 30.1 Å². The van der Waals surface area contributed by atoms with Crippen LogP contribution in [-0.4, -0.2) is 59.2 Å². The molecule has 0 radical (unpaired) electrons. The summed E-state index contributed by atoms with van der Waals surface area (Å²) in [6.07, 6.45) is 1.75. The molecule has 28 heavy (non-hydrogen) atoms. The predicted octanol–water partition coefficient (Wildman–Crippen LogP) is 1.15. The van der Waals surface area contributed by atoms with Crippen molar-refractivity contribution in [3.8, 4) is 0 Å². The molecular formula is C20H26N4O4. The Morgan fingerprint density at radius 3 is 2.79 bits per heavy atom. The Labute approximate surface area is 164 Å². The monoisotopic (exact) mass is 386 g/mol. The molecule has 3 rings (SSSR count). The summed E-state index contributed by atoms with van der Waals surface area (Å²) < 4.78 is 0. The van der Waals surface area contributed by atoms with E-state index in [4.69, 9.17) is 0 Å². The van der Waals surface area contributed by atoms with Crippen molar-refractivity contribution in [2.75, 3.05) is 25.1 Å². The number of hydrazone groups is 1. The summed E-state index contributed by atoms with van der Waals surface area (Å²) in [5.74, 6) is -0.973. The zero-order chi connectivity index (χ0) is 20.5. The molecule has 1 aromatic rings. The van der Waals surface area contributed by atoms with E-state index in [1.165, 1.54) is 0 Å². The van der Waals surface area contributed by atoms with Gasteiger partial charge in [0, 0.05) is 25.7 Å². The fraction of sp³-hybridized carbons (Fsp3) is 0.500. The van der Waals surface area contributed by atoms with E-state index in [-0.39, 0.29) is 24.2 Å². The van der Waals surface area contributed by atoms with E-state index in [1.807, 2.05) is 0 Å². The van der Waals surface area contributed by atoms with Crippen molar-refractivity contribution in [1.82, 2.24) is 10.2 Å². The van der Waals surface area contributed by atoms with Crippen LogP contribution in [0.1, 0.15) is 43.5 Å². The highest BCUT2D eigenvalue weighted by atomic mass is 16.3. The number of piperidine rings is 1.